The van der Waals surface area contributed by atoms with E-state index in [2.05, 4.69) is 46.7 Å². The maximum Gasteiger partial charge on any atom is 0.171 e. The normalized spacial score (nSPS) is 15.1. The fraction of sp³-hybridized carbons (Fsp3) is 0.381. The number of anilines is 2. The van der Waals surface area contributed by atoms with Crippen LogP contribution in [0.3, 0.4) is 0 Å². The Morgan fingerprint density at radius 1 is 1.11 bits per heavy atom. The molecule has 5 nitrogen and oxygen atoms in total. The molecule has 2 aromatic carbocycles. The van der Waals surface area contributed by atoms with Gasteiger partial charge in [-0.1, -0.05) is 12.1 Å². The maximum absolute atomic E-state index is 5.45. The molecular weight excluding hydrogens is 358 g/mol. The molecule has 0 aliphatic carbocycles. The number of hydrogen-bond donors (Lipinski definition) is 2. The number of rotatable bonds is 6. The predicted molar refractivity (Wildman–Crippen MR) is 115 cm³/mol. The largest absolute Gasteiger partial charge is 0.494 e. The summed E-state index contributed by atoms with van der Waals surface area (Å²) in [5.41, 5.74) is 3.37. The Morgan fingerprint density at radius 2 is 1.78 bits per heavy atom. The molecule has 1 heterocycles. The van der Waals surface area contributed by atoms with E-state index in [-0.39, 0.29) is 6.04 Å². The minimum atomic E-state index is 0.117. The Hall–Kier alpha value is -2.31. The lowest BCUT2D eigenvalue weighted by Gasteiger charge is -2.29. The van der Waals surface area contributed by atoms with E-state index in [0.717, 1.165) is 37.7 Å². The van der Waals surface area contributed by atoms with Crippen LogP contribution >= 0.6 is 12.2 Å². The average Bonchev–Trinajstić information content (AvgIpc) is 2.70. The first kappa shape index (κ1) is 19.5. The van der Waals surface area contributed by atoms with Crippen molar-refractivity contribution in [3.05, 3.63) is 54.1 Å². The van der Waals surface area contributed by atoms with Crippen molar-refractivity contribution < 1.29 is 9.47 Å². The highest BCUT2D eigenvalue weighted by Gasteiger charge is 2.12. The minimum Gasteiger partial charge on any atom is -0.494 e. The summed E-state index contributed by atoms with van der Waals surface area (Å²) in [7, 11) is 0. The first-order chi connectivity index (χ1) is 13.2. The Labute approximate surface area is 166 Å². The van der Waals surface area contributed by atoms with Gasteiger partial charge < -0.3 is 25.0 Å². The van der Waals surface area contributed by atoms with Gasteiger partial charge in [0.2, 0.25) is 0 Å². The highest BCUT2D eigenvalue weighted by atomic mass is 32.1. The second kappa shape index (κ2) is 9.58. The standard InChI is InChI=1S/C21H27N3O2S/c1-3-26-20-10-6-18(7-11-20)23-21(27)22-16(2)17-4-8-19(9-5-17)24-12-14-25-15-13-24/h4-11,16H,3,12-15H2,1-2H3,(H2,22,23,27)/t16-/m0/s1. The number of benzene rings is 2. The fourth-order valence-corrected chi connectivity index (χ4v) is 3.34. The second-order valence-electron chi connectivity index (χ2n) is 6.47. The molecule has 1 atom stereocenters. The van der Waals surface area contributed by atoms with E-state index >= 15 is 0 Å². The van der Waals surface area contributed by atoms with Crippen molar-refractivity contribution in [3.8, 4) is 5.75 Å². The van der Waals surface area contributed by atoms with Crippen LogP contribution in [0.4, 0.5) is 11.4 Å². The zero-order chi connectivity index (χ0) is 19.1. The molecule has 0 bridgehead atoms. The first-order valence-corrected chi connectivity index (χ1v) is 9.79. The molecule has 2 N–H and O–H groups in total. The zero-order valence-corrected chi connectivity index (χ0v) is 16.7. The lowest BCUT2D eigenvalue weighted by molar-refractivity contribution is 0.122. The molecule has 0 saturated carbocycles. The van der Waals surface area contributed by atoms with Crippen molar-refractivity contribution in [3.63, 3.8) is 0 Å². The van der Waals surface area contributed by atoms with Gasteiger partial charge in [-0.3, -0.25) is 0 Å². The van der Waals surface area contributed by atoms with Crippen LogP contribution in [0.5, 0.6) is 5.75 Å². The quantitative estimate of drug-likeness (QED) is 0.734. The number of thiocarbonyl (C=S) groups is 1. The molecule has 144 valence electrons. The maximum atomic E-state index is 5.45. The third kappa shape index (κ3) is 5.58. The van der Waals surface area contributed by atoms with Crippen LogP contribution in [-0.2, 0) is 4.74 Å². The molecule has 0 spiro atoms. The fourth-order valence-electron chi connectivity index (χ4n) is 3.04. The van der Waals surface area contributed by atoms with Gasteiger partial charge in [-0.15, -0.1) is 0 Å². The molecule has 3 rings (SSSR count). The summed E-state index contributed by atoms with van der Waals surface area (Å²) in [5.74, 6) is 0.857. The Kier molecular flexibility index (Phi) is 6.90. The highest BCUT2D eigenvalue weighted by molar-refractivity contribution is 7.80. The van der Waals surface area contributed by atoms with Crippen LogP contribution in [0.15, 0.2) is 48.5 Å². The van der Waals surface area contributed by atoms with Gasteiger partial charge in [0.15, 0.2) is 5.11 Å². The minimum absolute atomic E-state index is 0.117. The Morgan fingerprint density at radius 3 is 2.41 bits per heavy atom. The molecule has 0 radical (unpaired) electrons. The van der Waals surface area contributed by atoms with Crippen LogP contribution < -0.4 is 20.3 Å². The molecule has 1 fully saturated rings. The second-order valence-corrected chi connectivity index (χ2v) is 6.88. The van der Waals surface area contributed by atoms with E-state index < -0.39 is 0 Å². The summed E-state index contributed by atoms with van der Waals surface area (Å²) in [6.45, 7) is 8.23. The third-order valence-corrected chi connectivity index (χ3v) is 4.76. The zero-order valence-electron chi connectivity index (χ0n) is 15.9. The van der Waals surface area contributed by atoms with E-state index in [1.165, 1.54) is 11.3 Å². The average molecular weight is 386 g/mol. The van der Waals surface area contributed by atoms with Crippen molar-refractivity contribution in [1.82, 2.24) is 5.32 Å². The Bertz CT molecular complexity index is 728. The molecule has 27 heavy (non-hydrogen) atoms. The van der Waals surface area contributed by atoms with Gasteiger partial charge in [-0.2, -0.15) is 0 Å². The number of morpholine rings is 1. The highest BCUT2D eigenvalue weighted by Crippen LogP contribution is 2.21. The molecule has 0 unspecified atom stereocenters. The first-order valence-electron chi connectivity index (χ1n) is 9.38. The third-order valence-electron chi connectivity index (χ3n) is 4.54. The van der Waals surface area contributed by atoms with Crippen molar-refractivity contribution in [2.45, 2.75) is 19.9 Å². The van der Waals surface area contributed by atoms with Gasteiger partial charge in [0.1, 0.15) is 5.75 Å². The summed E-state index contributed by atoms with van der Waals surface area (Å²) in [6.07, 6.45) is 0. The van der Waals surface area contributed by atoms with Crippen molar-refractivity contribution in [2.24, 2.45) is 0 Å². The van der Waals surface area contributed by atoms with Crippen LogP contribution in [0, 0.1) is 0 Å². The summed E-state index contributed by atoms with van der Waals surface area (Å²) < 4.78 is 10.9. The molecule has 6 heteroatoms. The van der Waals surface area contributed by atoms with E-state index in [1.54, 1.807) is 0 Å². The summed E-state index contributed by atoms with van der Waals surface area (Å²) >= 11 is 5.45. The summed E-state index contributed by atoms with van der Waals surface area (Å²) in [5, 5.41) is 7.16. The van der Waals surface area contributed by atoms with Crippen molar-refractivity contribution in [1.29, 1.82) is 0 Å². The molecule has 2 aromatic rings. The molecule has 0 amide bonds. The topological polar surface area (TPSA) is 45.8 Å². The van der Waals surface area contributed by atoms with E-state index in [1.807, 2.05) is 31.2 Å². The monoisotopic (exact) mass is 385 g/mol. The van der Waals surface area contributed by atoms with Gasteiger partial charge in [0, 0.05) is 24.5 Å². The predicted octanol–water partition coefficient (Wildman–Crippen LogP) is 3.97. The number of nitrogens with zero attached hydrogens (tertiary/aromatic N) is 1. The molecule has 1 saturated heterocycles. The number of nitrogens with one attached hydrogen (secondary N) is 2. The van der Waals surface area contributed by atoms with Gasteiger partial charge >= 0.3 is 0 Å². The SMILES string of the molecule is CCOc1ccc(NC(=S)N[C@@H](C)c2ccc(N3CCOCC3)cc2)cc1. The Balaban J connectivity index is 1.52. The van der Waals surface area contributed by atoms with Gasteiger partial charge in [0.05, 0.1) is 25.9 Å². The van der Waals surface area contributed by atoms with E-state index in [4.69, 9.17) is 21.7 Å². The van der Waals surface area contributed by atoms with Crippen LogP contribution in [0.25, 0.3) is 0 Å². The van der Waals surface area contributed by atoms with Gasteiger partial charge in [0.25, 0.3) is 0 Å². The lowest BCUT2D eigenvalue weighted by atomic mass is 10.1. The summed E-state index contributed by atoms with van der Waals surface area (Å²) in [4.78, 5) is 2.35. The van der Waals surface area contributed by atoms with Gasteiger partial charge in [-0.25, -0.2) is 0 Å². The van der Waals surface area contributed by atoms with Crippen LogP contribution in [0.1, 0.15) is 25.5 Å². The van der Waals surface area contributed by atoms with Crippen molar-refractivity contribution in [2.75, 3.05) is 43.1 Å². The van der Waals surface area contributed by atoms with E-state index in [0.29, 0.717) is 11.7 Å². The number of hydrogen-bond acceptors (Lipinski definition) is 4. The lowest BCUT2D eigenvalue weighted by Crippen LogP contribution is -2.36. The molecule has 1 aliphatic heterocycles. The molecular formula is C21H27N3O2S. The van der Waals surface area contributed by atoms with Crippen LogP contribution in [0.2, 0.25) is 0 Å². The molecule has 0 aromatic heterocycles. The van der Waals surface area contributed by atoms with E-state index in [9.17, 15) is 0 Å². The van der Waals surface area contributed by atoms with Gasteiger partial charge in [-0.05, 0) is 68.0 Å². The van der Waals surface area contributed by atoms with Crippen molar-refractivity contribution >= 4 is 28.7 Å². The van der Waals surface area contributed by atoms with Crippen LogP contribution in [-0.4, -0.2) is 38.0 Å². The molecule has 1 aliphatic rings. The summed E-state index contributed by atoms with van der Waals surface area (Å²) in [6, 6.07) is 16.5. The smallest absolute Gasteiger partial charge is 0.171 e. The number of ether oxygens (including phenoxy) is 2.